The van der Waals surface area contributed by atoms with Gasteiger partial charge in [-0.1, -0.05) is 22.8 Å². The van der Waals surface area contributed by atoms with Crippen molar-refractivity contribution in [1.82, 2.24) is 0 Å². The van der Waals surface area contributed by atoms with Crippen LogP contribution >= 0.6 is 11.6 Å². The lowest BCUT2D eigenvalue weighted by Crippen LogP contribution is -2.08. The topological polar surface area (TPSA) is 52.0 Å². The molecule has 1 aromatic rings. The lowest BCUT2D eigenvalue weighted by atomic mass is 10.3. The number of anilines is 1. The average molecular weight is 197 g/mol. The van der Waals surface area contributed by atoms with Crippen molar-refractivity contribution in [2.75, 3.05) is 19.0 Å². The molecule has 0 aliphatic rings. The number of hydrogen-bond acceptors (Lipinski definition) is 2. The van der Waals surface area contributed by atoms with Crippen LogP contribution < -0.4 is 4.90 Å². The van der Waals surface area contributed by atoms with Crippen LogP contribution in [0.1, 0.15) is 0 Å². The van der Waals surface area contributed by atoms with E-state index in [1.807, 2.05) is 25.1 Å². The second-order valence-electron chi connectivity index (χ2n) is 2.72. The third kappa shape index (κ3) is 2.28. The molecule has 68 valence electrons. The molecular formula is C8H9ClN4. The van der Waals surface area contributed by atoms with Crippen LogP contribution in [0.15, 0.2) is 23.3 Å². The second kappa shape index (κ2) is 4.03. The highest BCUT2D eigenvalue weighted by molar-refractivity contribution is 6.33. The molecule has 13 heavy (non-hydrogen) atoms. The summed E-state index contributed by atoms with van der Waals surface area (Å²) in [6.07, 6.45) is 0. The zero-order chi connectivity index (χ0) is 9.84. The van der Waals surface area contributed by atoms with E-state index >= 15 is 0 Å². The van der Waals surface area contributed by atoms with Crippen LogP contribution in [0.4, 0.5) is 11.4 Å². The summed E-state index contributed by atoms with van der Waals surface area (Å²) < 4.78 is 0. The molecule has 0 bridgehead atoms. The monoisotopic (exact) mass is 196 g/mol. The van der Waals surface area contributed by atoms with Crippen molar-refractivity contribution in [3.05, 3.63) is 33.7 Å². The SMILES string of the molecule is CN(C)c1ccc(N=[N+]=[N-])cc1Cl. The van der Waals surface area contributed by atoms with E-state index in [1.165, 1.54) is 0 Å². The molecule has 0 saturated heterocycles. The van der Waals surface area contributed by atoms with Gasteiger partial charge >= 0.3 is 0 Å². The van der Waals surface area contributed by atoms with Crippen molar-refractivity contribution in [2.45, 2.75) is 0 Å². The summed E-state index contributed by atoms with van der Waals surface area (Å²) in [5.74, 6) is 0. The van der Waals surface area contributed by atoms with E-state index in [4.69, 9.17) is 17.1 Å². The molecule has 0 spiro atoms. The quantitative estimate of drug-likeness (QED) is 0.407. The molecule has 1 aromatic carbocycles. The number of hydrogen-bond donors (Lipinski definition) is 0. The third-order valence-electron chi connectivity index (χ3n) is 1.57. The molecule has 1 rings (SSSR count). The van der Waals surface area contributed by atoms with E-state index in [1.54, 1.807) is 12.1 Å². The molecule has 0 heterocycles. The Bertz CT molecular complexity index is 355. The van der Waals surface area contributed by atoms with E-state index in [0.29, 0.717) is 10.7 Å². The van der Waals surface area contributed by atoms with Crippen LogP contribution in [0.3, 0.4) is 0 Å². The van der Waals surface area contributed by atoms with Crippen molar-refractivity contribution in [3.63, 3.8) is 0 Å². The first-order valence-corrected chi connectivity index (χ1v) is 4.05. The fourth-order valence-corrected chi connectivity index (χ4v) is 1.32. The van der Waals surface area contributed by atoms with Gasteiger partial charge in [0.2, 0.25) is 0 Å². The Morgan fingerprint density at radius 1 is 1.46 bits per heavy atom. The first-order chi connectivity index (χ1) is 6.15. The van der Waals surface area contributed by atoms with Gasteiger partial charge in [-0.2, -0.15) is 0 Å². The Kier molecular flexibility index (Phi) is 3.01. The van der Waals surface area contributed by atoms with Gasteiger partial charge in [0.25, 0.3) is 0 Å². The first-order valence-electron chi connectivity index (χ1n) is 3.67. The molecule has 5 heteroatoms. The lowest BCUT2D eigenvalue weighted by Gasteiger charge is -2.13. The van der Waals surface area contributed by atoms with Crippen LogP contribution in [-0.4, -0.2) is 14.1 Å². The number of benzene rings is 1. The summed E-state index contributed by atoms with van der Waals surface area (Å²) in [5, 5.41) is 4.02. The summed E-state index contributed by atoms with van der Waals surface area (Å²) in [6, 6.07) is 5.17. The van der Waals surface area contributed by atoms with Gasteiger partial charge in [-0.15, -0.1) is 0 Å². The van der Waals surface area contributed by atoms with E-state index < -0.39 is 0 Å². The fraction of sp³-hybridized carbons (Fsp3) is 0.250. The highest BCUT2D eigenvalue weighted by Gasteiger charge is 2.01. The Morgan fingerprint density at radius 3 is 2.62 bits per heavy atom. The van der Waals surface area contributed by atoms with E-state index in [9.17, 15) is 0 Å². The highest BCUT2D eigenvalue weighted by atomic mass is 35.5. The standard InChI is InChI=1S/C8H9ClN4/c1-13(2)8-4-3-6(11-12-10)5-7(8)9/h3-5H,1-2H3. The Balaban J connectivity index is 3.12. The van der Waals surface area contributed by atoms with Crippen LogP contribution in [0, 0.1) is 0 Å². The van der Waals surface area contributed by atoms with E-state index in [0.717, 1.165) is 5.69 Å². The maximum absolute atomic E-state index is 8.19. The van der Waals surface area contributed by atoms with Crippen LogP contribution in [0.25, 0.3) is 10.4 Å². The smallest absolute Gasteiger partial charge is 0.0643 e. The minimum absolute atomic E-state index is 0.526. The van der Waals surface area contributed by atoms with Gasteiger partial charge in [0.15, 0.2) is 0 Å². The van der Waals surface area contributed by atoms with Crippen LogP contribution in [0.5, 0.6) is 0 Å². The van der Waals surface area contributed by atoms with Crippen molar-refractivity contribution >= 4 is 23.0 Å². The van der Waals surface area contributed by atoms with Crippen molar-refractivity contribution < 1.29 is 0 Å². The molecule has 0 saturated carbocycles. The van der Waals surface area contributed by atoms with Crippen LogP contribution in [0.2, 0.25) is 5.02 Å². The number of azide groups is 1. The largest absolute Gasteiger partial charge is 0.376 e. The molecule has 0 fully saturated rings. The minimum Gasteiger partial charge on any atom is -0.376 e. The summed E-state index contributed by atoms with van der Waals surface area (Å²) in [7, 11) is 3.79. The maximum Gasteiger partial charge on any atom is 0.0643 e. The number of halogens is 1. The normalized spacial score (nSPS) is 9.15. The predicted molar refractivity (Wildman–Crippen MR) is 54.6 cm³/mol. The molecule has 4 nitrogen and oxygen atoms in total. The van der Waals surface area contributed by atoms with Gasteiger partial charge in [-0.25, -0.2) is 0 Å². The lowest BCUT2D eigenvalue weighted by molar-refractivity contribution is 1.13. The van der Waals surface area contributed by atoms with E-state index in [2.05, 4.69) is 10.0 Å². The molecule has 0 unspecified atom stereocenters. The van der Waals surface area contributed by atoms with Crippen molar-refractivity contribution in [1.29, 1.82) is 0 Å². The molecular weight excluding hydrogens is 188 g/mol. The fourth-order valence-electron chi connectivity index (χ4n) is 0.972. The average Bonchev–Trinajstić information content (AvgIpc) is 2.04. The van der Waals surface area contributed by atoms with Gasteiger partial charge < -0.3 is 4.90 Å². The maximum atomic E-state index is 8.19. The molecule has 0 radical (unpaired) electrons. The molecule has 0 N–H and O–H groups in total. The zero-order valence-electron chi connectivity index (χ0n) is 7.40. The summed E-state index contributed by atoms with van der Waals surface area (Å²) in [5.41, 5.74) is 9.62. The zero-order valence-corrected chi connectivity index (χ0v) is 8.15. The Hall–Kier alpha value is -1.38. The highest BCUT2D eigenvalue weighted by Crippen LogP contribution is 2.28. The molecule has 0 aliphatic carbocycles. The second-order valence-corrected chi connectivity index (χ2v) is 3.13. The first kappa shape index (κ1) is 9.71. The summed E-state index contributed by atoms with van der Waals surface area (Å²) in [6.45, 7) is 0. The molecule has 0 aromatic heterocycles. The number of rotatable bonds is 2. The van der Waals surface area contributed by atoms with Crippen LogP contribution in [-0.2, 0) is 0 Å². The Labute approximate surface area is 81.4 Å². The predicted octanol–water partition coefficient (Wildman–Crippen LogP) is 3.35. The minimum atomic E-state index is 0.526. The van der Waals surface area contributed by atoms with E-state index in [-0.39, 0.29) is 0 Å². The Morgan fingerprint density at radius 2 is 2.15 bits per heavy atom. The van der Waals surface area contributed by atoms with Gasteiger partial charge in [0.05, 0.1) is 10.7 Å². The van der Waals surface area contributed by atoms with Gasteiger partial charge in [-0.05, 0) is 17.7 Å². The van der Waals surface area contributed by atoms with Crippen molar-refractivity contribution in [3.8, 4) is 0 Å². The summed E-state index contributed by atoms with van der Waals surface area (Å²) >= 11 is 5.94. The molecule has 0 aliphatic heterocycles. The van der Waals surface area contributed by atoms with Gasteiger partial charge in [-0.3, -0.25) is 0 Å². The summed E-state index contributed by atoms with van der Waals surface area (Å²) in [4.78, 5) is 4.57. The number of nitrogens with zero attached hydrogens (tertiary/aromatic N) is 4. The van der Waals surface area contributed by atoms with Crippen molar-refractivity contribution in [2.24, 2.45) is 5.11 Å². The molecule has 0 amide bonds. The van der Waals surface area contributed by atoms with Gasteiger partial charge in [0.1, 0.15) is 0 Å². The molecule has 0 atom stereocenters. The van der Waals surface area contributed by atoms with Gasteiger partial charge in [0, 0.05) is 24.7 Å². The third-order valence-corrected chi connectivity index (χ3v) is 1.88.